The average Bonchev–Trinajstić information content (AvgIpc) is 2.32. The third-order valence-electron chi connectivity index (χ3n) is 3.51. The van der Waals surface area contributed by atoms with E-state index >= 15 is 0 Å². The molecule has 0 saturated carbocycles. The van der Waals surface area contributed by atoms with E-state index in [2.05, 4.69) is 18.7 Å². The molecule has 0 radical (unpaired) electrons. The number of likely N-dealkylation sites (tertiary alicyclic amines) is 1. The van der Waals surface area contributed by atoms with Crippen molar-refractivity contribution in [2.45, 2.75) is 45.6 Å². The van der Waals surface area contributed by atoms with E-state index in [4.69, 9.17) is 10.5 Å². The lowest BCUT2D eigenvalue weighted by Crippen LogP contribution is -2.48. The van der Waals surface area contributed by atoms with Crippen molar-refractivity contribution in [3.8, 4) is 0 Å². The van der Waals surface area contributed by atoms with Crippen molar-refractivity contribution < 1.29 is 9.53 Å². The fraction of sp³-hybridized carbons (Fsp3) is 0.923. The number of carbonyl (C=O) groups excluding carboxylic acids is 1. The van der Waals surface area contributed by atoms with Crippen molar-refractivity contribution in [3.63, 3.8) is 0 Å². The van der Waals surface area contributed by atoms with Crippen molar-refractivity contribution in [1.82, 2.24) is 4.90 Å². The van der Waals surface area contributed by atoms with E-state index in [-0.39, 0.29) is 5.97 Å². The van der Waals surface area contributed by atoms with Gasteiger partial charge in [-0.1, -0.05) is 26.7 Å². The maximum Gasteiger partial charge on any atom is 0.320 e. The molecule has 0 aromatic heterocycles. The highest BCUT2D eigenvalue weighted by Crippen LogP contribution is 2.18. The van der Waals surface area contributed by atoms with Crippen LogP contribution in [0, 0.1) is 5.92 Å². The van der Waals surface area contributed by atoms with Crippen LogP contribution in [0.3, 0.4) is 0 Å². The molecule has 0 bridgehead atoms. The highest BCUT2D eigenvalue weighted by Gasteiger charge is 2.26. The Morgan fingerprint density at radius 3 is 2.88 bits per heavy atom. The standard InChI is InChI=1S/C13H26N2O2/c1-3-5-8-17-13(16)10-15-7-6-12(14)11(4-2)9-15/h11-12H,3-10,14H2,1-2H3. The maximum absolute atomic E-state index is 11.6. The summed E-state index contributed by atoms with van der Waals surface area (Å²) in [6.07, 6.45) is 4.08. The normalized spacial score (nSPS) is 25.8. The van der Waals surface area contributed by atoms with Crippen molar-refractivity contribution in [2.75, 3.05) is 26.2 Å². The molecule has 0 amide bonds. The number of nitrogens with two attached hydrogens (primary N) is 1. The molecule has 0 spiro atoms. The molecule has 4 heteroatoms. The molecule has 1 fully saturated rings. The van der Waals surface area contributed by atoms with Gasteiger partial charge in [0.15, 0.2) is 0 Å². The largest absolute Gasteiger partial charge is 0.465 e. The van der Waals surface area contributed by atoms with Crippen molar-refractivity contribution in [3.05, 3.63) is 0 Å². The Morgan fingerprint density at radius 2 is 2.24 bits per heavy atom. The molecule has 1 saturated heterocycles. The van der Waals surface area contributed by atoms with Gasteiger partial charge in [0.2, 0.25) is 0 Å². The first-order chi connectivity index (χ1) is 8.17. The minimum Gasteiger partial charge on any atom is -0.465 e. The van der Waals surface area contributed by atoms with Gasteiger partial charge in [0.1, 0.15) is 0 Å². The van der Waals surface area contributed by atoms with Gasteiger partial charge in [-0.3, -0.25) is 9.69 Å². The topological polar surface area (TPSA) is 55.6 Å². The zero-order chi connectivity index (χ0) is 12.7. The minimum atomic E-state index is -0.0937. The van der Waals surface area contributed by atoms with Gasteiger partial charge in [-0.05, 0) is 18.8 Å². The van der Waals surface area contributed by atoms with E-state index in [1.807, 2.05) is 0 Å². The Labute approximate surface area is 104 Å². The minimum absolute atomic E-state index is 0.0937. The SMILES string of the molecule is CCCCOC(=O)CN1CCC(N)C(CC)C1. The molecule has 2 N–H and O–H groups in total. The second-order valence-electron chi connectivity index (χ2n) is 4.93. The number of hydrogen-bond donors (Lipinski definition) is 1. The molecule has 0 aromatic rings. The Balaban J connectivity index is 2.24. The van der Waals surface area contributed by atoms with Gasteiger partial charge in [-0.25, -0.2) is 0 Å². The highest BCUT2D eigenvalue weighted by molar-refractivity contribution is 5.71. The predicted molar refractivity (Wildman–Crippen MR) is 68.7 cm³/mol. The monoisotopic (exact) mass is 242 g/mol. The number of hydrogen-bond acceptors (Lipinski definition) is 4. The van der Waals surface area contributed by atoms with Crippen LogP contribution in [-0.4, -0.2) is 43.2 Å². The van der Waals surface area contributed by atoms with Gasteiger partial charge < -0.3 is 10.5 Å². The van der Waals surface area contributed by atoms with E-state index in [1.165, 1.54) is 0 Å². The maximum atomic E-state index is 11.6. The zero-order valence-corrected chi connectivity index (χ0v) is 11.2. The molecule has 4 nitrogen and oxygen atoms in total. The lowest BCUT2D eigenvalue weighted by molar-refractivity contribution is -0.145. The lowest BCUT2D eigenvalue weighted by Gasteiger charge is -2.35. The molecule has 0 aliphatic carbocycles. The summed E-state index contributed by atoms with van der Waals surface area (Å²) in [5.41, 5.74) is 6.04. The average molecular weight is 242 g/mol. The van der Waals surface area contributed by atoms with Gasteiger partial charge in [0.05, 0.1) is 13.2 Å². The molecular weight excluding hydrogens is 216 g/mol. The summed E-state index contributed by atoms with van der Waals surface area (Å²) in [4.78, 5) is 13.7. The number of carbonyl (C=O) groups is 1. The highest BCUT2D eigenvalue weighted by atomic mass is 16.5. The third kappa shape index (κ3) is 5.04. The van der Waals surface area contributed by atoms with Gasteiger partial charge >= 0.3 is 5.97 Å². The van der Waals surface area contributed by atoms with Crippen LogP contribution in [0.4, 0.5) is 0 Å². The number of rotatable bonds is 6. The third-order valence-corrected chi connectivity index (χ3v) is 3.51. The summed E-state index contributed by atoms with van der Waals surface area (Å²) < 4.78 is 5.17. The molecule has 1 rings (SSSR count). The number of ether oxygens (including phenoxy) is 1. The first-order valence-electron chi connectivity index (χ1n) is 6.80. The van der Waals surface area contributed by atoms with E-state index in [1.54, 1.807) is 0 Å². The first-order valence-corrected chi connectivity index (χ1v) is 6.80. The number of piperidine rings is 1. The van der Waals surface area contributed by atoms with Crippen LogP contribution in [-0.2, 0) is 9.53 Å². The van der Waals surface area contributed by atoms with Crippen LogP contribution in [0.15, 0.2) is 0 Å². The van der Waals surface area contributed by atoms with E-state index in [9.17, 15) is 4.79 Å². The van der Waals surface area contributed by atoms with E-state index in [0.29, 0.717) is 25.1 Å². The molecule has 1 heterocycles. The molecule has 1 aliphatic heterocycles. The smallest absolute Gasteiger partial charge is 0.320 e. The van der Waals surface area contributed by atoms with Crippen LogP contribution in [0.2, 0.25) is 0 Å². The van der Waals surface area contributed by atoms with Crippen LogP contribution < -0.4 is 5.73 Å². The second-order valence-corrected chi connectivity index (χ2v) is 4.93. The number of nitrogens with zero attached hydrogens (tertiary/aromatic N) is 1. The summed E-state index contributed by atoms with van der Waals surface area (Å²) in [6.45, 7) is 7.08. The van der Waals surface area contributed by atoms with Gasteiger partial charge in [0.25, 0.3) is 0 Å². The Hall–Kier alpha value is -0.610. The van der Waals surface area contributed by atoms with Gasteiger partial charge in [-0.15, -0.1) is 0 Å². The van der Waals surface area contributed by atoms with Crippen LogP contribution in [0.25, 0.3) is 0 Å². The van der Waals surface area contributed by atoms with Gasteiger partial charge in [0, 0.05) is 19.1 Å². The second kappa shape index (κ2) is 7.67. The van der Waals surface area contributed by atoms with Crippen molar-refractivity contribution in [2.24, 2.45) is 11.7 Å². The number of unbranched alkanes of at least 4 members (excludes halogenated alkanes) is 1. The molecule has 2 unspecified atom stereocenters. The lowest BCUT2D eigenvalue weighted by atomic mass is 9.91. The Bertz CT molecular complexity index is 233. The quantitative estimate of drug-likeness (QED) is 0.565. The van der Waals surface area contributed by atoms with Gasteiger partial charge in [-0.2, -0.15) is 0 Å². The summed E-state index contributed by atoms with van der Waals surface area (Å²) in [5, 5.41) is 0. The first kappa shape index (κ1) is 14.5. The van der Waals surface area contributed by atoms with E-state index in [0.717, 1.165) is 38.8 Å². The Kier molecular flexibility index (Phi) is 6.52. The van der Waals surface area contributed by atoms with Crippen LogP contribution >= 0.6 is 0 Å². The fourth-order valence-electron chi connectivity index (χ4n) is 2.26. The molecule has 0 aromatic carbocycles. The molecule has 2 atom stereocenters. The zero-order valence-electron chi connectivity index (χ0n) is 11.2. The summed E-state index contributed by atoms with van der Waals surface area (Å²) in [6, 6.07) is 0.298. The van der Waals surface area contributed by atoms with Crippen LogP contribution in [0.1, 0.15) is 39.5 Å². The Morgan fingerprint density at radius 1 is 1.47 bits per heavy atom. The molecule has 17 heavy (non-hydrogen) atoms. The van der Waals surface area contributed by atoms with E-state index < -0.39 is 0 Å². The van der Waals surface area contributed by atoms with Crippen LogP contribution in [0.5, 0.6) is 0 Å². The molecule has 100 valence electrons. The molecular formula is C13H26N2O2. The summed E-state index contributed by atoms with van der Waals surface area (Å²) >= 11 is 0. The number of esters is 1. The fourth-order valence-corrected chi connectivity index (χ4v) is 2.26. The summed E-state index contributed by atoms with van der Waals surface area (Å²) in [7, 11) is 0. The van der Waals surface area contributed by atoms with Crippen molar-refractivity contribution in [1.29, 1.82) is 0 Å². The molecule has 1 aliphatic rings. The predicted octanol–water partition coefficient (Wildman–Crippen LogP) is 1.39. The summed E-state index contributed by atoms with van der Waals surface area (Å²) in [5.74, 6) is 0.427. The van der Waals surface area contributed by atoms with Crippen molar-refractivity contribution >= 4 is 5.97 Å².